The molecule has 0 atom stereocenters. The van der Waals surface area contributed by atoms with Crippen LogP contribution in [0.3, 0.4) is 0 Å². The summed E-state index contributed by atoms with van der Waals surface area (Å²) >= 11 is 1.16. The number of nitro benzene ring substituents is 1. The van der Waals surface area contributed by atoms with Gasteiger partial charge in [0, 0.05) is 17.5 Å². The number of carbonyl (C=O) groups is 1. The van der Waals surface area contributed by atoms with E-state index in [4.69, 9.17) is 5.11 Å². The van der Waals surface area contributed by atoms with E-state index >= 15 is 0 Å². The van der Waals surface area contributed by atoms with E-state index in [0.717, 1.165) is 22.9 Å². The summed E-state index contributed by atoms with van der Waals surface area (Å²) in [6.45, 7) is 3.69. The Morgan fingerprint density at radius 3 is 2.68 bits per heavy atom. The number of nitrogens with zero attached hydrogens (tertiary/aromatic N) is 2. The molecule has 2 rings (SSSR count). The third kappa shape index (κ3) is 5.42. The van der Waals surface area contributed by atoms with Gasteiger partial charge in [0.05, 0.1) is 16.4 Å². The van der Waals surface area contributed by atoms with Crippen LogP contribution in [0.15, 0.2) is 46.9 Å². The monoisotopic (exact) mass is 397 g/mol. The van der Waals surface area contributed by atoms with E-state index in [0.29, 0.717) is 21.9 Å². The Morgan fingerprint density at radius 1 is 1.32 bits per heavy atom. The number of aryl methyl sites for hydroxylation is 2. The number of nitrogens with one attached hydrogen (secondary N) is 1. The van der Waals surface area contributed by atoms with Crippen LogP contribution in [0.2, 0.25) is 0 Å². The minimum atomic E-state index is -0.587. The molecule has 0 spiro atoms. The van der Waals surface area contributed by atoms with Crippen molar-refractivity contribution in [3.63, 3.8) is 0 Å². The number of hydrogen-bond donors (Lipinski definition) is 2. The first kappa shape index (κ1) is 21.2. The Kier molecular flexibility index (Phi) is 7.32. The van der Waals surface area contributed by atoms with E-state index in [9.17, 15) is 20.2 Å². The maximum atomic E-state index is 12.4. The standard InChI is InChI=1S/C20H19N3O4S/c1-13-3-5-17(14(2)9-13)22-20(25)16(12-21)10-15-4-6-19(28-8-7-24)18(11-15)23(26)27/h3-6,9-11,24H,7-8H2,1-2H3,(H,22,25)/b16-10-. The number of carbonyl (C=O) groups excluding carboxylic acids is 1. The quantitative estimate of drug-likeness (QED) is 0.241. The van der Waals surface area contributed by atoms with Crippen LogP contribution in [-0.2, 0) is 4.79 Å². The highest BCUT2D eigenvalue weighted by molar-refractivity contribution is 7.99. The molecule has 0 aliphatic rings. The van der Waals surface area contributed by atoms with Gasteiger partial charge >= 0.3 is 0 Å². The lowest BCUT2D eigenvalue weighted by molar-refractivity contribution is -0.387. The van der Waals surface area contributed by atoms with Crippen LogP contribution in [0.1, 0.15) is 16.7 Å². The normalized spacial score (nSPS) is 11.0. The van der Waals surface area contributed by atoms with Gasteiger partial charge in [-0.25, -0.2) is 0 Å². The number of nitriles is 1. The number of thioether (sulfide) groups is 1. The SMILES string of the molecule is Cc1ccc(NC(=O)/C(C#N)=C\c2ccc(SCCO)c([N+](=O)[O-])c2)c(C)c1. The zero-order valence-electron chi connectivity index (χ0n) is 15.4. The zero-order valence-corrected chi connectivity index (χ0v) is 16.2. The van der Waals surface area contributed by atoms with Crippen LogP contribution in [0.4, 0.5) is 11.4 Å². The molecule has 2 aromatic rings. The van der Waals surface area contributed by atoms with Gasteiger partial charge in [0.25, 0.3) is 11.6 Å². The van der Waals surface area contributed by atoms with Gasteiger partial charge < -0.3 is 10.4 Å². The Labute approximate surface area is 166 Å². The summed E-state index contributed by atoms with van der Waals surface area (Å²) in [4.78, 5) is 23.6. The van der Waals surface area contributed by atoms with Crippen LogP contribution in [0, 0.1) is 35.3 Å². The average Bonchev–Trinajstić information content (AvgIpc) is 2.66. The first-order valence-electron chi connectivity index (χ1n) is 8.38. The molecule has 0 radical (unpaired) electrons. The molecule has 1 amide bonds. The van der Waals surface area contributed by atoms with Crippen molar-refractivity contribution in [2.24, 2.45) is 0 Å². The summed E-state index contributed by atoms with van der Waals surface area (Å²) in [5.74, 6) is -0.256. The second-order valence-electron chi connectivity index (χ2n) is 6.00. The summed E-state index contributed by atoms with van der Waals surface area (Å²) in [5.41, 5.74) is 2.58. The topological polar surface area (TPSA) is 116 Å². The van der Waals surface area contributed by atoms with Crippen molar-refractivity contribution in [3.05, 3.63) is 68.8 Å². The number of benzene rings is 2. The second kappa shape index (κ2) is 9.69. The van der Waals surface area contributed by atoms with Gasteiger partial charge in [0.2, 0.25) is 0 Å². The molecule has 0 aromatic heterocycles. The predicted molar refractivity (Wildman–Crippen MR) is 109 cm³/mol. The van der Waals surface area contributed by atoms with E-state index in [-0.39, 0.29) is 17.9 Å². The van der Waals surface area contributed by atoms with Crippen LogP contribution in [0.25, 0.3) is 6.08 Å². The van der Waals surface area contributed by atoms with E-state index in [2.05, 4.69) is 5.32 Å². The maximum Gasteiger partial charge on any atom is 0.283 e. The largest absolute Gasteiger partial charge is 0.396 e. The first-order valence-corrected chi connectivity index (χ1v) is 9.36. The summed E-state index contributed by atoms with van der Waals surface area (Å²) in [6.07, 6.45) is 1.31. The third-order valence-electron chi connectivity index (χ3n) is 3.83. The van der Waals surface area contributed by atoms with Crippen LogP contribution in [-0.4, -0.2) is 28.3 Å². The maximum absolute atomic E-state index is 12.4. The van der Waals surface area contributed by atoms with Crippen LogP contribution < -0.4 is 5.32 Å². The fraction of sp³-hybridized carbons (Fsp3) is 0.200. The second-order valence-corrected chi connectivity index (χ2v) is 7.14. The number of amides is 1. The molecule has 8 heteroatoms. The smallest absolute Gasteiger partial charge is 0.283 e. The highest BCUT2D eigenvalue weighted by Crippen LogP contribution is 2.30. The van der Waals surface area contributed by atoms with E-state index < -0.39 is 10.8 Å². The lowest BCUT2D eigenvalue weighted by Gasteiger charge is -2.08. The van der Waals surface area contributed by atoms with Crippen molar-refractivity contribution in [2.75, 3.05) is 17.7 Å². The molecule has 0 bridgehead atoms. The number of hydrogen-bond acceptors (Lipinski definition) is 6. The summed E-state index contributed by atoms with van der Waals surface area (Å²) in [6, 6.07) is 11.8. The van der Waals surface area contributed by atoms with Gasteiger partial charge in [0.15, 0.2) is 0 Å². The van der Waals surface area contributed by atoms with Gasteiger partial charge in [-0.3, -0.25) is 14.9 Å². The molecule has 2 aromatic carbocycles. The fourth-order valence-corrected chi connectivity index (χ4v) is 3.26. The summed E-state index contributed by atoms with van der Waals surface area (Å²) in [5, 5.41) is 32.2. The number of anilines is 1. The first-order chi connectivity index (χ1) is 13.3. The van der Waals surface area contributed by atoms with Gasteiger partial charge in [-0.05, 0) is 43.2 Å². The number of rotatable bonds is 7. The molecule has 0 aliphatic heterocycles. The Morgan fingerprint density at radius 2 is 2.07 bits per heavy atom. The lowest BCUT2D eigenvalue weighted by atomic mass is 10.1. The van der Waals surface area contributed by atoms with Crippen molar-refractivity contribution >= 4 is 35.1 Å². The minimum Gasteiger partial charge on any atom is -0.396 e. The van der Waals surface area contributed by atoms with Crippen molar-refractivity contribution in [1.82, 2.24) is 0 Å². The van der Waals surface area contributed by atoms with Crippen molar-refractivity contribution in [1.29, 1.82) is 5.26 Å². The van der Waals surface area contributed by atoms with Crippen LogP contribution >= 0.6 is 11.8 Å². The van der Waals surface area contributed by atoms with Crippen molar-refractivity contribution in [2.45, 2.75) is 18.7 Å². The molecular weight excluding hydrogens is 378 g/mol. The number of nitro groups is 1. The highest BCUT2D eigenvalue weighted by Gasteiger charge is 2.16. The Balaban J connectivity index is 2.30. The molecular formula is C20H19N3O4S. The molecule has 7 nitrogen and oxygen atoms in total. The summed E-state index contributed by atoms with van der Waals surface area (Å²) in [7, 11) is 0. The molecule has 0 saturated carbocycles. The molecule has 0 saturated heterocycles. The van der Waals surface area contributed by atoms with E-state index in [1.54, 1.807) is 18.2 Å². The Bertz CT molecular complexity index is 980. The van der Waals surface area contributed by atoms with Crippen LogP contribution in [0.5, 0.6) is 0 Å². The van der Waals surface area contributed by atoms with Gasteiger partial charge in [-0.15, -0.1) is 11.8 Å². The summed E-state index contributed by atoms with van der Waals surface area (Å²) < 4.78 is 0. The van der Waals surface area contributed by atoms with Gasteiger partial charge in [-0.1, -0.05) is 23.8 Å². The number of aliphatic hydroxyl groups excluding tert-OH is 1. The van der Waals surface area contributed by atoms with E-state index in [1.165, 1.54) is 12.1 Å². The molecule has 0 unspecified atom stereocenters. The van der Waals surface area contributed by atoms with Crippen molar-refractivity contribution in [3.8, 4) is 6.07 Å². The Hall–Kier alpha value is -3.15. The predicted octanol–water partition coefficient (Wildman–Crippen LogP) is 3.84. The minimum absolute atomic E-state index is 0.0966. The van der Waals surface area contributed by atoms with E-state index in [1.807, 2.05) is 32.0 Å². The van der Waals surface area contributed by atoms with Gasteiger partial charge in [0.1, 0.15) is 11.6 Å². The van der Waals surface area contributed by atoms with Gasteiger partial charge in [-0.2, -0.15) is 5.26 Å². The molecule has 0 fully saturated rings. The molecule has 0 heterocycles. The van der Waals surface area contributed by atoms with Crippen molar-refractivity contribution < 1.29 is 14.8 Å². The third-order valence-corrected chi connectivity index (χ3v) is 4.88. The molecule has 2 N–H and O–H groups in total. The molecule has 0 aliphatic carbocycles. The number of aliphatic hydroxyl groups is 1. The fourth-order valence-electron chi connectivity index (χ4n) is 2.50. The lowest BCUT2D eigenvalue weighted by Crippen LogP contribution is -2.14. The average molecular weight is 397 g/mol. The zero-order chi connectivity index (χ0) is 20.7. The highest BCUT2D eigenvalue weighted by atomic mass is 32.2. The molecule has 28 heavy (non-hydrogen) atoms. The molecule has 144 valence electrons.